The third-order valence-electron chi connectivity index (χ3n) is 5.21. The summed E-state index contributed by atoms with van der Waals surface area (Å²) in [4.78, 5) is 25.2. The Labute approximate surface area is 200 Å². The molecule has 0 aliphatic carbocycles. The number of thioether (sulfide) groups is 1. The molecule has 11 heteroatoms. The molecule has 2 N–H and O–H groups in total. The van der Waals surface area contributed by atoms with Crippen molar-refractivity contribution in [3.05, 3.63) is 59.7 Å². The molecule has 34 heavy (non-hydrogen) atoms. The van der Waals surface area contributed by atoms with Gasteiger partial charge in [0.1, 0.15) is 5.82 Å². The molecule has 1 aliphatic rings. The summed E-state index contributed by atoms with van der Waals surface area (Å²) in [7, 11) is 0. The van der Waals surface area contributed by atoms with Crippen molar-refractivity contribution in [2.45, 2.75) is 43.8 Å². The molecular weight excluding hydrogens is 461 g/mol. The van der Waals surface area contributed by atoms with Gasteiger partial charge in [-0.25, -0.2) is 4.39 Å². The molecule has 0 saturated heterocycles. The van der Waals surface area contributed by atoms with Crippen LogP contribution in [0.1, 0.15) is 43.0 Å². The predicted molar refractivity (Wildman–Crippen MR) is 124 cm³/mol. The summed E-state index contributed by atoms with van der Waals surface area (Å²) in [6.45, 7) is 6.12. The first-order valence-corrected chi connectivity index (χ1v) is 11.6. The molecule has 0 radical (unpaired) electrons. The lowest BCUT2D eigenvalue weighted by Gasteiger charge is -2.16. The summed E-state index contributed by atoms with van der Waals surface area (Å²) < 4.78 is 26.4. The average Bonchev–Trinajstić information content (AvgIpc) is 3.45. The maximum absolute atomic E-state index is 13.9. The zero-order valence-corrected chi connectivity index (χ0v) is 19.7. The van der Waals surface area contributed by atoms with E-state index in [0.717, 1.165) is 0 Å². The van der Waals surface area contributed by atoms with Gasteiger partial charge in [-0.3, -0.25) is 9.59 Å². The molecule has 2 amide bonds. The lowest BCUT2D eigenvalue weighted by molar-refractivity contribution is -0.115. The van der Waals surface area contributed by atoms with Crippen LogP contribution in [0.5, 0.6) is 11.5 Å². The second kappa shape index (κ2) is 10.1. The van der Waals surface area contributed by atoms with Gasteiger partial charge in [0.05, 0.1) is 16.9 Å². The van der Waals surface area contributed by atoms with Crippen LogP contribution in [0.15, 0.2) is 47.6 Å². The van der Waals surface area contributed by atoms with Crippen molar-refractivity contribution < 1.29 is 23.5 Å². The molecule has 2 heterocycles. The zero-order chi connectivity index (χ0) is 24.2. The van der Waals surface area contributed by atoms with Crippen LogP contribution in [0.25, 0.3) is 0 Å². The fourth-order valence-electron chi connectivity index (χ4n) is 3.42. The number of fused-ring (bicyclic) bond motifs is 1. The number of nitrogens with zero attached hydrogens (tertiary/aromatic N) is 3. The fourth-order valence-corrected chi connectivity index (χ4v) is 4.34. The van der Waals surface area contributed by atoms with Crippen molar-refractivity contribution in [1.82, 2.24) is 20.1 Å². The van der Waals surface area contributed by atoms with Gasteiger partial charge in [0.15, 0.2) is 22.5 Å². The molecule has 3 aromatic rings. The van der Waals surface area contributed by atoms with E-state index in [-0.39, 0.29) is 18.3 Å². The zero-order valence-electron chi connectivity index (χ0n) is 18.9. The molecule has 9 nitrogen and oxygen atoms in total. The first-order chi connectivity index (χ1) is 16.4. The number of ether oxygens (including phenoxy) is 2. The molecule has 0 fully saturated rings. The molecule has 0 unspecified atom stereocenters. The van der Waals surface area contributed by atoms with Gasteiger partial charge in [-0.1, -0.05) is 23.9 Å². The minimum absolute atomic E-state index is 0.0414. The largest absolute Gasteiger partial charge is 0.454 e. The Bertz CT molecular complexity index is 1220. The highest BCUT2D eigenvalue weighted by atomic mass is 32.2. The Morgan fingerprint density at radius 3 is 2.68 bits per heavy atom. The Morgan fingerprint density at radius 2 is 1.91 bits per heavy atom. The van der Waals surface area contributed by atoms with Crippen molar-refractivity contribution in [3.8, 4) is 11.5 Å². The van der Waals surface area contributed by atoms with Crippen LogP contribution in [0.4, 0.5) is 10.1 Å². The van der Waals surface area contributed by atoms with Crippen LogP contribution in [0.2, 0.25) is 0 Å². The summed E-state index contributed by atoms with van der Waals surface area (Å²) >= 11 is 1.25. The molecule has 2 atom stereocenters. The summed E-state index contributed by atoms with van der Waals surface area (Å²) in [5.74, 6) is 0.389. The third-order valence-corrected chi connectivity index (χ3v) is 6.29. The van der Waals surface area contributed by atoms with E-state index in [1.807, 2.05) is 11.5 Å². The SMILES string of the molecule is CCn1c(S[C@@H](C)C(=O)Nc2ccc3c(c2)OCO3)nnc1[C@@H](C)NC(=O)c1ccccc1F. The maximum atomic E-state index is 13.9. The highest BCUT2D eigenvalue weighted by Gasteiger charge is 2.24. The van der Waals surface area contributed by atoms with Gasteiger partial charge >= 0.3 is 0 Å². The van der Waals surface area contributed by atoms with Crippen LogP contribution < -0.4 is 20.1 Å². The van der Waals surface area contributed by atoms with Crippen molar-refractivity contribution in [2.24, 2.45) is 0 Å². The number of carbonyl (C=O) groups excluding carboxylic acids is 2. The van der Waals surface area contributed by atoms with Crippen LogP contribution in [-0.2, 0) is 11.3 Å². The second-order valence-corrected chi connectivity index (χ2v) is 8.89. The maximum Gasteiger partial charge on any atom is 0.254 e. The fraction of sp³-hybridized carbons (Fsp3) is 0.304. The smallest absolute Gasteiger partial charge is 0.254 e. The minimum Gasteiger partial charge on any atom is -0.454 e. The Hall–Kier alpha value is -3.60. The van der Waals surface area contributed by atoms with E-state index in [1.165, 1.54) is 30.0 Å². The Kier molecular flexibility index (Phi) is 7.01. The molecule has 2 aromatic carbocycles. The molecule has 0 spiro atoms. The van der Waals surface area contributed by atoms with Gasteiger partial charge < -0.3 is 24.7 Å². The van der Waals surface area contributed by atoms with E-state index < -0.39 is 23.0 Å². The number of benzene rings is 2. The van der Waals surface area contributed by atoms with Crippen LogP contribution in [-0.4, -0.2) is 38.6 Å². The highest BCUT2D eigenvalue weighted by molar-refractivity contribution is 8.00. The monoisotopic (exact) mass is 485 g/mol. The number of halogens is 1. The first kappa shape index (κ1) is 23.6. The molecule has 1 aromatic heterocycles. The lowest BCUT2D eigenvalue weighted by Crippen LogP contribution is -2.29. The van der Waals surface area contributed by atoms with Gasteiger partial charge in [-0.05, 0) is 45.0 Å². The molecule has 0 bridgehead atoms. The standard InChI is InChI=1S/C23H24FN5O4S/c1-4-29-20(13(2)25-22(31)16-7-5-6-8-17(16)24)27-28-23(29)34-14(3)21(30)26-15-9-10-18-19(11-15)33-12-32-18/h5-11,13-14H,4,12H2,1-3H3,(H,25,31)(H,26,30)/t13-,14+/m1/s1. The Morgan fingerprint density at radius 1 is 1.15 bits per heavy atom. The molecule has 178 valence electrons. The highest BCUT2D eigenvalue weighted by Crippen LogP contribution is 2.34. The van der Waals surface area contributed by atoms with E-state index in [2.05, 4.69) is 20.8 Å². The van der Waals surface area contributed by atoms with E-state index in [1.54, 1.807) is 38.1 Å². The summed E-state index contributed by atoms with van der Waals surface area (Å²) in [6.07, 6.45) is 0. The molecular formula is C23H24FN5O4S. The van der Waals surface area contributed by atoms with Crippen LogP contribution in [0.3, 0.4) is 0 Å². The number of nitrogens with one attached hydrogen (secondary N) is 2. The van der Waals surface area contributed by atoms with Crippen LogP contribution in [0, 0.1) is 5.82 Å². The van der Waals surface area contributed by atoms with Crippen molar-refractivity contribution in [1.29, 1.82) is 0 Å². The lowest BCUT2D eigenvalue weighted by atomic mass is 10.2. The van der Waals surface area contributed by atoms with E-state index in [9.17, 15) is 14.0 Å². The Balaban J connectivity index is 1.41. The van der Waals surface area contributed by atoms with Gasteiger partial charge in [-0.2, -0.15) is 0 Å². The molecule has 0 saturated carbocycles. The number of anilines is 1. The van der Waals surface area contributed by atoms with Gasteiger partial charge in [0.25, 0.3) is 5.91 Å². The number of aromatic nitrogens is 3. The number of amides is 2. The first-order valence-electron chi connectivity index (χ1n) is 10.7. The topological polar surface area (TPSA) is 107 Å². The molecule has 1 aliphatic heterocycles. The van der Waals surface area contributed by atoms with Crippen LogP contribution >= 0.6 is 11.8 Å². The van der Waals surface area contributed by atoms with Crippen molar-refractivity contribution >= 4 is 29.3 Å². The number of carbonyl (C=O) groups is 2. The van der Waals surface area contributed by atoms with E-state index >= 15 is 0 Å². The second-order valence-electron chi connectivity index (χ2n) is 7.58. The normalized spacial score (nSPS) is 13.9. The van der Waals surface area contributed by atoms with Gasteiger partial charge in [-0.15, -0.1) is 10.2 Å². The van der Waals surface area contributed by atoms with E-state index in [4.69, 9.17) is 9.47 Å². The summed E-state index contributed by atoms with van der Waals surface area (Å²) in [5, 5.41) is 14.1. The number of rotatable bonds is 8. The van der Waals surface area contributed by atoms with E-state index in [0.29, 0.717) is 34.7 Å². The third kappa shape index (κ3) is 4.98. The number of hydrogen-bond acceptors (Lipinski definition) is 7. The summed E-state index contributed by atoms with van der Waals surface area (Å²) in [5.41, 5.74) is 0.559. The number of hydrogen-bond donors (Lipinski definition) is 2. The van der Waals surface area contributed by atoms with Gasteiger partial charge in [0, 0.05) is 18.3 Å². The quantitative estimate of drug-likeness (QED) is 0.468. The average molecular weight is 486 g/mol. The predicted octanol–water partition coefficient (Wildman–Crippen LogP) is 3.78. The van der Waals surface area contributed by atoms with Crippen molar-refractivity contribution in [2.75, 3.05) is 12.1 Å². The molecule has 4 rings (SSSR count). The summed E-state index contributed by atoms with van der Waals surface area (Å²) in [6, 6.07) is 10.5. The van der Waals surface area contributed by atoms with Crippen molar-refractivity contribution in [3.63, 3.8) is 0 Å². The van der Waals surface area contributed by atoms with Gasteiger partial charge in [0.2, 0.25) is 12.7 Å². The minimum atomic E-state index is -0.595.